The van der Waals surface area contributed by atoms with E-state index in [4.69, 9.17) is 34.7 Å². The van der Waals surface area contributed by atoms with Crippen LogP contribution in [-0.4, -0.2) is 28.9 Å². The third kappa shape index (κ3) is 7.09. The highest BCUT2D eigenvalue weighted by atomic mass is 35.5. The van der Waals surface area contributed by atoms with Crippen molar-refractivity contribution in [3.63, 3.8) is 0 Å². The Morgan fingerprint density at radius 2 is 1.77 bits per heavy atom. The number of benzene rings is 1. The Labute approximate surface area is 192 Å². The number of hydrogen-bond acceptors (Lipinski definition) is 5. The SMILES string of the molecule is Cc1nc(N)ccc1CNC(=O)[C@@H](Cc1ccc(Cl)c(Cl)c1)NC(=O)[C@@H](N)C(C)(C)C. The minimum Gasteiger partial charge on any atom is -0.384 e. The van der Waals surface area contributed by atoms with Crippen molar-refractivity contribution in [3.8, 4) is 0 Å². The zero-order valence-electron chi connectivity index (χ0n) is 18.1. The Morgan fingerprint density at radius 3 is 2.35 bits per heavy atom. The molecule has 0 fully saturated rings. The van der Waals surface area contributed by atoms with E-state index in [0.29, 0.717) is 15.9 Å². The van der Waals surface area contributed by atoms with E-state index >= 15 is 0 Å². The largest absolute Gasteiger partial charge is 0.384 e. The number of pyridine rings is 1. The summed E-state index contributed by atoms with van der Waals surface area (Å²) >= 11 is 12.1. The van der Waals surface area contributed by atoms with Gasteiger partial charge in [-0.2, -0.15) is 0 Å². The van der Waals surface area contributed by atoms with Crippen LogP contribution in [0.25, 0.3) is 0 Å². The number of nitrogens with zero attached hydrogens (tertiary/aromatic N) is 1. The molecule has 0 aliphatic rings. The smallest absolute Gasteiger partial charge is 0.243 e. The van der Waals surface area contributed by atoms with Gasteiger partial charge in [0.2, 0.25) is 11.8 Å². The summed E-state index contributed by atoms with van der Waals surface area (Å²) in [6.45, 7) is 7.65. The van der Waals surface area contributed by atoms with Crippen molar-refractivity contribution in [2.24, 2.45) is 11.1 Å². The molecule has 0 radical (unpaired) electrons. The number of nitrogens with one attached hydrogen (secondary N) is 2. The Bertz CT molecular complexity index is 959. The zero-order valence-corrected chi connectivity index (χ0v) is 19.6. The summed E-state index contributed by atoms with van der Waals surface area (Å²) in [5, 5.41) is 6.42. The number of rotatable bonds is 7. The summed E-state index contributed by atoms with van der Waals surface area (Å²) in [5.74, 6) is -0.344. The van der Waals surface area contributed by atoms with Crippen molar-refractivity contribution in [3.05, 3.63) is 57.2 Å². The van der Waals surface area contributed by atoms with Crippen LogP contribution in [0, 0.1) is 12.3 Å². The van der Waals surface area contributed by atoms with E-state index < -0.39 is 23.4 Å². The zero-order chi connectivity index (χ0) is 23.3. The molecule has 1 heterocycles. The fraction of sp³-hybridized carbons (Fsp3) is 0.409. The molecule has 0 saturated carbocycles. The van der Waals surface area contributed by atoms with Gasteiger partial charge in [0.25, 0.3) is 0 Å². The van der Waals surface area contributed by atoms with Gasteiger partial charge in [-0.25, -0.2) is 4.98 Å². The van der Waals surface area contributed by atoms with Gasteiger partial charge in [0.05, 0.1) is 16.1 Å². The first-order chi connectivity index (χ1) is 14.4. The minimum absolute atomic E-state index is 0.226. The lowest BCUT2D eigenvalue weighted by Gasteiger charge is -2.28. The summed E-state index contributed by atoms with van der Waals surface area (Å²) < 4.78 is 0. The molecular weight excluding hydrogens is 437 g/mol. The predicted molar refractivity (Wildman–Crippen MR) is 125 cm³/mol. The summed E-state index contributed by atoms with van der Waals surface area (Å²) in [4.78, 5) is 29.9. The van der Waals surface area contributed by atoms with Gasteiger partial charge in [0.15, 0.2) is 0 Å². The molecule has 0 spiro atoms. The molecule has 2 amide bonds. The maximum Gasteiger partial charge on any atom is 0.243 e. The monoisotopic (exact) mass is 465 g/mol. The fourth-order valence-electron chi connectivity index (χ4n) is 2.87. The second-order valence-electron chi connectivity index (χ2n) is 8.56. The second-order valence-corrected chi connectivity index (χ2v) is 9.37. The molecule has 1 aromatic carbocycles. The van der Waals surface area contributed by atoms with Crippen LogP contribution in [0.3, 0.4) is 0 Å². The van der Waals surface area contributed by atoms with Crippen molar-refractivity contribution >= 4 is 40.8 Å². The van der Waals surface area contributed by atoms with Gasteiger partial charge in [-0.05, 0) is 41.7 Å². The van der Waals surface area contributed by atoms with E-state index in [0.717, 1.165) is 16.8 Å². The molecule has 9 heteroatoms. The molecule has 0 saturated heterocycles. The summed E-state index contributed by atoms with van der Waals surface area (Å²) in [5.41, 5.74) is 13.6. The van der Waals surface area contributed by atoms with Crippen LogP contribution in [0.4, 0.5) is 5.82 Å². The molecule has 0 bridgehead atoms. The molecule has 2 rings (SSSR count). The maximum absolute atomic E-state index is 13.0. The van der Waals surface area contributed by atoms with Gasteiger partial charge in [0.1, 0.15) is 11.9 Å². The number of hydrogen-bond donors (Lipinski definition) is 4. The molecule has 2 aromatic rings. The lowest BCUT2D eigenvalue weighted by molar-refractivity contribution is -0.130. The predicted octanol–water partition coefficient (Wildman–Crippen LogP) is 3.00. The summed E-state index contributed by atoms with van der Waals surface area (Å²) in [6, 6.07) is 6.94. The van der Waals surface area contributed by atoms with Crippen molar-refractivity contribution in [2.75, 3.05) is 5.73 Å². The first-order valence-corrected chi connectivity index (χ1v) is 10.6. The average molecular weight is 466 g/mol. The molecule has 168 valence electrons. The first-order valence-electron chi connectivity index (χ1n) is 9.88. The van der Waals surface area contributed by atoms with E-state index in [2.05, 4.69) is 15.6 Å². The fourth-order valence-corrected chi connectivity index (χ4v) is 3.19. The van der Waals surface area contributed by atoms with Crippen LogP contribution in [0.2, 0.25) is 10.0 Å². The Balaban J connectivity index is 2.19. The van der Waals surface area contributed by atoms with Crippen LogP contribution in [-0.2, 0) is 22.6 Å². The van der Waals surface area contributed by atoms with Crippen LogP contribution < -0.4 is 22.1 Å². The minimum atomic E-state index is -0.847. The maximum atomic E-state index is 13.0. The van der Waals surface area contributed by atoms with E-state index in [1.807, 2.05) is 27.7 Å². The highest BCUT2D eigenvalue weighted by Crippen LogP contribution is 2.23. The van der Waals surface area contributed by atoms with Gasteiger partial charge in [0, 0.05) is 18.7 Å². The number of anilines is 1. The molecule has 1 aromatic heterocycles. The highest BCUT2D eigenvalue weighted by molar-refractivity contribution is 6.42. The summed E-state index contributed by atoms with van der Waals surface area (Å²) in [6.07, 6.45) is 0.226. The lowest BCUT2D eigenvalue weighted by atomic mass is 9.86. The highest BCUT2D eigenvalue weighted by Gasteiger charge is 2.31. The normalized spacial score (nSPS) is 13.4. The average Bonchev–Trinajstić information content (AvgIpc) is 2.68. The third-order valence-electron chi connectivity index (χ3n) is 4.94. The summed E-state index contributed by atoms with van der Waals surface area (Å²) in [7, 11) is 0. The number of nitrogens with two attached hydrogens (primary N) is 2. The van der Waals surface area contributed by atoms with Crippen molar-refractivity contribution in [1.29, 1.82) is 0 Å². The van der Waals surface area contributed by atoms with E-state index in [1.165, 1.54) is 0 Å². The lowest BCUT2D eigenvalue weighted by Crippen LogP contribution is -2.55. The van der Waals surface area contributed by atoms with E-state index in [-0.39, 0.29) is 18.9 Å². The molecule has 0 aliphatic carbocycles. The van der Waals surface area contributed by atoms with Gasteiger partial charge >= 0.3 is 0 Å². The van der Waals surface area contributed by atoms with Gasteiger partial charge < -0.3 is 22.1 Å². The van der Waals surface area contributed by atoms with Gasteiger partial charge in [-0.15, -0.1) is 0 Å². The second kappa shape index (κ2) is 10.3. The quantitative estimate of drug-likeness (QED) is 0.500. The van der Waals surface area contributed by atoms with Gasteiger partial charge in [-0.3, -0.25) is 9.59 Å². The van der Waals surface area contributed by atoms with Crippen LogP contribution in [0.15, 0.2) is 30.3 Å². The van der Waals surface area contributed by atoms with Crippen molar-refractivity contribution in [2.45, 2.75) is 52.7 Å². The van der Waals surface area contributed by atoms with Crippen molar-refractivity contribution < 1.29 is 9.59 Å². The number of halogens is 2. The number of carbonyl (C=O) groups excluding carboxylic acids is 2. The Kier molecular flexibility index (Phi) is 8.28. The third-order valence-corrected chi connectivity index (χ3v) is 5.68. The van der Waals surface area contributed by atoms with E-state index in [1.54, 1.807) is 30.3 Å². The first kappa shape index (κ1) is 24.9. The molecule has 7 nitrogen and oxygen atoms in total. The number of carbonyl (C=O) groups is 2. The molecule has 2 atom stereocenters. The number of nitrogen functional groups attached to an aromatic ring is 1. The Morgan fingerprint density at radius 1 is 1.10 bits per heavy atom. The number of aromatic nitrogens is 1. The van der Waals surface area contributed by atoms with Crippen LogP contribution in [0.5, 0.6) is 0 Å². The molecule has 0 unspecified atom stereocenters. The number of aryl methyl sites for hydroxylation is 1. The van der Waals surface area contributed by atoms with Crippen molar-refractivity contribution in [1.82, 2.24) is 15.6 Å². The topological polar surface area (TPSA) is 123 Å². The molecule has 6 N–H and O–H groups in total. The van der Waals surface area contributed by atoms with E-state index in [9.17, 15) is 9.59 Å². The standard InChI is InChI=1S/C22H29Cl2N5O2/c1-12-14(6-8-18(25)28-12)11-27-20(30)17(29-21(31)19(26)22(2,3)4)10-13-5-7-15(23)16(24)9-13/h5-9,17,19H,10-11,26H2,1-4H3,(H2,25,28)(H,27,30)(H,29,31)/t17-,19-/m1/s1. The molecule has 31 heavy (non-hydrogen) atoms. The Hall–Kier alpha value is -2.35. The number of amides is 2. The molecular formula is C22H29Cl2N5O2. The molecule has 0 aliphatic heterocycles. The van der Waals surface area contributed by atoms with Crippen LogP contribution >= 0.6 is 23.2 Å². The van der Waals surface area contributed by atoms with Gasteiger partial charge in [-0.1, -0.05) is 56.1 Å². The van der Waals surface area contributed by atoms with Crippen LogP contribution in [0.1, 0.15) is 37.6 Å².